The highest BCUT2D eigenvalue weighted by atomic mass is 16.3. The summed E-state index contributed by atoms with van der Waals surface area (Å²) >= 11 is 0. The van der Waals surface area contributed by atoms with Gasteiger partial charge < -0.3 is 5.11 Å². The largest absolute Gasteiger partial charge is 0.508 e. The average molecular weight is 317 g/mol. The molecule has 0 heterocycles. The summed E-state index contributed by atoms with van der Waals surface area (Å²) in [5.74, 6) is 2.18. The van der Waals surface area contributed by atoms with E-state index in [1.807, 2.05) is 6.07 Å². The third-order valence-electron chi connectivity index (χ3n) is 5.66. The Morgan fingerprint density at radius 3 is 2.35 bits per heavy atom. The summed E-state index contributed by atoms with van der Waals surface area (Å²) in [5.41, 5.74) is 2.61. The molecule has 0 atom stereocenters. The van der Waals surface area contributed by atoms with E-state index in [9.17, 15) is 5.11 Å². The van der Waals surface area contributed by atoms with E-state index in [0.717, 1.165) is 30.2 Å². The number of hydrogen-bond donors (Lipinski definition) is 1. The maximum absolute atomic E-state index is 9.97. The first kappa shape index (κ1) is 18.4. The van der Waals surface area contributed by atoms with Gasteiger partial charge in [-0.25, -0.2) is 0 Å². The third kappa shape index (κ3) is 5.86. The lowest BCUT2D eigenvalue weighted by molar-refractivity contribution is 0.301. The van der Waals surface area contributed by atoms with Gasteiger partial charge in [-0.05, 0) is 61.1 Å². The van der Waals surface area contributed by atoms with E-state index in [2.05, 4.69) is 26.0 Å². The second kappa shape index (κ2) is 10.0. The molecule has 0 aromatic heterocycles. The van der Waals surface area contributed by atoms with Crippen molar-refractivity contribution in [1.29, 1.82) is 0 Å². The van der Waals surface area contributed by atoms with Gasteiger partial charge in [0.25, 0.3) is 0 Å². The molecule has 130 valence electrons. The molecule has 0 aliphatic heterocycles. The van der Waals surface area contributed by atoms with Gasteiger partial charge >= 0.3 is 0 Å². The maximum atomic E-state index is 9.97. The zero-order valence-electron chi connectivity index (χ0n) is 15.3. The molecule has 1 aromatic carbocycles. The fourth-order valence-corrected chi connectivity index (χ4v) is 4.15. The molecule has 1 aliphatic rings. The Bertz CT molecular complexity index is 443. The van der Waals surface area contributed by atoms with Crippen molar-refractivity contribution in [3.05, 3.63) is 29.3 Å². The van der Waals surface area contributed by atoms with Gasteiger partial charge in [0, 0.05) is 0 Å². The smallest absolute Gasteiger partial charge is 0.118 e. The van der Waals surface area contributed by atoms with Gasteiger partial charge in [-0.15, -0.1) is 0 Å². The first-order chi connectivity index (χ1) is 11.2. The summed E-state index contributed by atoms with van der Waals surface area (Å²) < 4.78 is 0. The quantitative estimate of drug-likeness (QED) is 0.487. The molecule has 2 rings (SSSR count). The SMILES string of the molecule is CCCCCCCC1CCC(c2ccc(O)c(CCC)c2)CC1. The Balaban J connectivity index is 1.77. The van der Waals surface area contributed by atoms with Crippen LogP contribution in [0.4, 0.5) is 0 Å². The van der Waals surface area contributed by atoms with Crippen molar-refractivity contribution >= 4 is 0 Å². The van der Waals surface area contributed by atoms with Crippen molar-refractivity contribution in [3.8, 4) is 5.75 Å². The van der Waals surface area contributed by atoms with Gasteiger partial charge in [-0.3, -0.25) is 0 Å². The number of phenols is 1. The van der Waals surface area contributed by atoms with Crippen molar-refractivity contribution in [2.75, 3.05) is 0 Å². The summed E-state index contributed by atoms with van der Waals surface area (Å²) in [6.45, 7) is 4.47. The Morgan fingerprint density at radius 1 is 0.913 bits per heavy atom. The van der Waals surface area contributed by atoms with Crippen LogP contribution in [-0.2, 0) is 6.42 Å². The molecule has 1 N–H and O–H groups in total. The molecule has 1 nitrogen and oxygen atoms in total. The van der Waals surface area contributed by atoms with Crippen LogP contribution < -0.4 is 0 Å². The average Bonchev–Trinajstić information content (AvgIpc) is 2.57. The number of aromatic hydroxyl groups is 1. The number of rotatable bonds is 9. The van der Waals surface area contributed by atoms with Gasteiger partial charge in [-0.1, -0.05) is 70.9 Å². The highest BCUT2D eigenvalue weighted by molar-refractivity contribution is 5.37. The molecular formula is C22H36O. The van der Waals surface area contributed by atoms with Crippen molar-refractivity contribution in [2.24, 2.45) is 5.92 Å². The molecule has 1 aliphatic carbocycles. The fraction of sp³-hybridized carbons (Fsp3) is 0.727. The van der Waals surface area contributed by atoms with E-state index in [0.29, 0.717) is 5.75 Å². The molecule has 0 amide bonds. The molecule has 0 radical (unpaired) electrons. The minimum Gasteiger partial charge on any atom is -0.508 e. The minimum absolute atomic E-state index is 0.483. The summed E-state index contributed by atoms with van der Waals surface area (Å²) in [7, 11) is 0. The Labute approximate surface area is 143 Å². The number of benzene rings is 1. The number of phenolic OH excluding ortho intramolecular Hbond substituents is 1. The predicted octanol–water partition coefficient (Wildman–Crippen LogP) is 6.98. The van der Waals surface area contributed by atoms with E-state index in [1.54, 1.807) is 0 Å². The van der Waals surface area contributed by atoms with Gasteiger partial charge in [0.1, 0.15) is 5.75 Å². The molecule has 1 fully saturated rings. The topological polar surface area (TPSA) is 20.2 Å². The van der Waals surface area contributed by atoms with E-state index in [-0.39, 0.29) is 0 Å². The Kier molecular flexibility index (Phi) is 7.99. The maximum Gasteiger partial charge on any atom is 0.118 e. The van der Waals surface area contributed by atoms with Crippen molar-refractivity contribution in [1.82, 2.24) is 0 Å². The molecule has 1 heteroatoms. The lowest BCUT2D eigenvalue weighted by Gasteiger charge is -2.29. The van der Waals surface area contributed by atoms with Gasteiger partial charge in [0.2, 0.25) is 0 Å². The lowest BCUT2D eigenvalue weighted by atomic mass is 9.76. The van der Waals surface area contributed by atoms with Crippen LogP contribution in [0.15, 0.2) is 18.2 Å². The van der Waals surface area contributed by atoms with Gasteiger partial charge in [0.05, 0.1) is 0 Å². The standard InChI is InChI=1S/C22H36O/c1-3-5-6-7-8-10-18-11-13-19(14-12-18)20-15-16-22(23)21(17-20)9-4-2/h15-19,23H,3-14H2,1-2H3. The fourth-order valence-electron chi connectivity index (χ4n) is 4.15. The van der Waals surface area contributed by atoms with Crippen molar-refractivity contribution in [3.63, 3.8) is 0 Å². The zero-order chi connectivity index (χ0) is 16.5. The van der Waals surface area contributed by atoms with E-state index < -0.39 is 0 Å². The van der Waals surface area contributed by atoms with Gasteiger partial charge in [0.15, 0.2) is 0 Å². The summed E-state index contributed by atoms with van der Waals surface area (Å²) in [6.07, 6.45) is 16.1. The van der Waals surface area contributed by atoms with E-state index >= 15 is 0 Å². The monoisotopic (exact) mass is 316 g/mol. The molecule has 0 unspecified atom stereocenters. The first-order valence-corrected chi connectivity index (χ1v) is 10.1. The number of unbranched alkanes of at least 4 members (excludes halogenated alkanes) is 4. The molecular weight excluding hydrogens is 280 g/mol. The highest BCUT2D eigenvalue weighted by Crippen LogP contribution is 2.38. The molecule has 1 saturated carbocycles. The number of aryl methyl sites for hydroxylation is 1. The Morgan fingerprint density at radius 2 is 1.65 bits per heavy atom. The molecule has 0 saturated heterocycles. The van der Waals surface area contributed by atoms with Crippen LogP contribution in [0.25, 0.3) is 0 Å². The van der Waals surface area contributed by atoms with Crippen LogP contribution in [0.5, 0.6) is 5.75 Å². The molecule has 0 spiro atoms. The van der Waals surface area contributed by atoms with Crippen LogP contribution in [0.2, 0.25) is 0 Å². The Hall–Kier alpha value is -0.980. The van der Waals surface area contributed by atoms with Crippen LogP contribution in [0.1, 0.15) is 102 Å². The normalized spacial score (nSPS) is 21.5. The van der Waals surface area contributed by atoms with Crippen molar-refractivity contribution in [2.45, 2.75) is 96.8 Å². The molecule has 0 bridgehead atoms. The zero-order valence-corrected chi connectivity index (χ0v) is 15.3. The van der Waals surface area contributed by atoms with Crippen LogP contribution in [0.3, 0.4) is 0 Å². The molecule has 23 heavy (non-hydrogen) atoms. The van der Waals surface area contributed by atoms with E-state index in [4.69, 9.17) is 0 Å². The summed E-state index contributed by atoms with van der Waals surface area (Å²) in [4.78, 5) is 0. The summed E-state index contributed by atoms with van der Waals surface area (Å²) in [6, 6.07) is 6.35. The second-order valence-electron chi connectivity index (χ2n) is 7.56. The first-order valence-electron chi connectivity index (χ1n) is 10.1. The molecule has 1 aromatic rings. The van der Waals surface area contributed by atoms with Crippen LogP contribution in [0, 0.1) is 5.92 Å². The van der Waals surface area contributed by atoms with Crippen LogP contribution >= 0.6 is 0 Å². The van der Waals surface area contributed by atoms with Gasteiger partial charge in [-0.2, -0.15) is 0 Å². The van der Waals surface area contributed by atoms with Crippen molar-refractivity contribution < 1.29 is 5.11 Å². The third-order valence-corrected chi connectivity index (χ3v) is 5.66. The van der Waals surface area contributed by atoms with E-state index in [1.165, 1.54) is 69.8 Å². The second-order valence-corrected chi connectivity index (χ2v) is 7.56. The minimum atomic E-state index is 0.483. The predicted molar refractivity (Wildman–Crippen MR) is 100 cm³/mol. The summed E-state index contributed by atoms with van der Waals surface area (Å²) in [5, 5.41) is 9.97. The number of hydrogen-bond acceptors (Lipinski definition) is 1. The lowest BCUT2D eigenvalue weighted by Crippen LogP contribution is -2.13. The highest BCUT2D eigenvalue weighted by Gasteiger charge is 2.22. The van der Waals surface area contributed by atoms with Crippen LogP contribution in [-0.4, -0.2) is 5.11 Å².